The van der Waals surface area contributed by atoms with Gasteiger partial charge in [-0.2, -0.15) is 0 Å². The fourth-order valence-corrected chi connectivity index (χ4v) is 3.98. The highest BCUT2D eigenvalue weighted by Gasteiger charge is 2.16. The Balaban J connectivity index is 1.75. The first-order valence-corrected chi connectivity index (χ1v) is 10.4. The maximum Gasteiger partial charge on any atom is 0.261 e. The summed E-state index contributed by atoms with van der Waals surface area (Å²) in [5.41, 5.74) is 3.31. The number of nitrogens with one attached hydrogen (secondary N) is 2. The van der Waals surface area contributed by atoms with Gasteiger partial charge in [-0.25, -0.2) is 13.4 Å². The molecule has 0 aliphatic rings. The van der Waals surface area contributed by atoms with Crippen molar-refractivity contribution in [1.29, 1.82) is 0 Å². The van der Waals surface area contributed by atoms with E-state index in [9.17, 15) is 8.42 Å². The number of aromatic nitrogens is 1. The molecule has 0 aliphatic heterocycles. The number of methoxy groups -OCH3 is 1. The lowest BCUT2D eigenvalue weighted by Crippen LogP contribution is -2.13. The molecule has 2 aromatic carbocycles. The van der Waals surface area contributed by atoms with E-state index in [0.717, 1.165) is 17.7 Å². The molecular formula is C21H23N3O3S. The van der Waals surface area contributed by atoms with Gasteiger partial charge in [0.25, 0.3) is 10.0 Å². The van der Waals surface area contributed by atoms with Gasteiger partial charge in [0.2, 0.25) is 0 Å². The predicted molar refractivity (Wildman–Crippen MR) is 112 cm³/mol. The van der Waals surface area contributed by atoms with Crippen molar-refractivity contribution in [2.75, 3.05) is 17.1 Å². The number of hydrogen-bond acceptors (Lipinski definition) is 5. The zero-order chi connectivity index (χ0) is 20.1. The van der Waals surface area contributed by atoms with Gasteiger partial charge >= 0.3 is 0 Å². The van der Waals surface area contributed by atoms with Crippen LogP contribution in [0.3, 0.4) is 0 Å². The van der Waals surface area contributed by atoms with Crippen molar-refractivity contribution < 1.29 is 13.2 Å². The van der Waals surface area contributed by atoms with Crippen LogP contribution in [-0.2, 0) is 16.4 Å². The van der Waals surface area contributed by atoms with E-state index in [2.05, 4.69) is 28.0 Å². The van der Waals surface area contributed by atoms with Gasteiger partial charge in [-0.15, -0.1) is 0 Å². The summed E-state index contributed by atoms with van der Waals surface area (Å²) in [6.07, 6.45) is 2.40. The number of pyridine rings is 1. The summed E-state index contributed by atoms with van der Waals surface area (Å²) in [4.78, 5) is 4.49. The second-order valence-corrected chi connectivity index (χ2v) is 7.99. The SMILES string of the molecule is CCc1ccccc1Nc1ccc(NS(=O)(=O)c2ccc(OC)c(C)c2)cn1. The zero-order valence-corrected chi connectivity index (χ0v) is 16.9. The van der Waals surface area contributed by atoms with Crippen LogP contribution in [0.4, 0.5) is 17.2 Å². The zero-order valence-electron chi connectivity index (χ0n) is 16.1. The molecule has 2 N–H and O–H groups in total. The molecule has 0 aliphatic carbocycles. The van der Waals surface area contributed by atoms with Crippen LogP contribution in [0.25, 0.3) is 0 Å². The summed E-state index contributed by atoms with van der Waals surface area (Å²) in [7, 11) is -2.16. The summed E-state index contributed by atoms with van der Waals surface area (Å²) in [5.74, 6) is 1.28. The van der Waals surface area contributed by atoms with Gasteiger partial charge in [-0.05, 0) is 60.9 Å². The Labute approximate surface area is 165 Å². The second kappa shape index (κ2) is 8.31. The van der Waals surface area contributed by atoms with E-state index >= 15 is 0 Å². The number of nitrogens with zero attached hydrogens (tertiary/aromatic N) is 1. The minimum absolute atomic E-state index is 0.171. The normalized spacial score (nSPS) is 11.1. The number of sulfonamides is 1. The van der Waals surface area contributed by atoms with Gasteiger partial charge in [-0.1, -0.05) is 25.1 Å². The molecule has 3 aromatic rings. The molecule has 146 valence electrons. The summed E-state index contributed by atoms with van der Waals surface area (Å²) in [5, 5.41) is 3.26. The molecule has 0 radical (unpaired) electrons. The number of para-hydroxylation sites is 1. The van der Waals surface area contributed by atoms with Crippen LogP contribution in [-0.4, -0.2) is 20.5 Å². The third kappa shape index (κ3) is 4.43. The van der Waals surface area contributed by atoms with E-state index in [-0.39, 0.29) is 4.90 Å². The van der Waals surface area contributed by atoms with Crippen molar-refractivity contribution >= 4 is 27.2 Å². The molecule has 1 aromatic heterocycles. The molecule has 0 amide bonds. The smallest absolute Gasteiger partial charge is 0.261 e. The summed E-state index contributed by atoms with van der Waals surface area (Å²) >= 11 is 0. The molecule has 7 heteroatoms. The fourth-order valence-electron chi connectivity index (χ4n) is 2.85. The van der Waals surface area contributed by atoms with E-state index in [4.69, 9.17) is 4.74 Å². The van der Waals surface area contributed by atoms with Crippen LogP contribution >= 0.6 is 0 Å². The highest BCUT2D eigenvalue weighted by atomic mass is 32.2. The minimum Gasteiger partial charge on any atom is -0.496 e. The van der Waals surface area contributed by atoms with Crippen molar-refractivity contribution in [3.63, 3.8) is 0 Å². The van der Waals surface area contributed by atoms with Gasteiger partial charge in [0.1, 0.15) is 11.6 Å². The van der Waals surface area contributed by atoms with Gasteiger partial charge in [-0.3, -0.25) is 4.72 Å². The molecule has 0 unspecified atom stereocenters. The molecule has 0 saturated carbocycles. The Morgan fingerprint density at radius 2 is 1.86 bits per heavy atom. The third-order valence-corrected chi connectivity index (χ3v) is 5.73. The van der Waals surface area contributed by atoms with Gasteiger partial charge < -0.3 is 10.1 Å². The maximum atomic E-state index is 12.6. The molecular weight excluding hydrogens is 374 g/mol. The number of benzene rings is 2. The Hall–Kier alpha value is -3.06. The van der Waals surface area contributed by atoms with Crippen LogP contribution in [0.5, 0.6) is 5.75 Å². The number of hydrogen-bond donors (Lipinski definition) is 2. The molecule has 28 heavy (non-hydrogen) atoms. The van der Waals surface area contributed by atoms with Crippen LogP contribution in [0.1, 0.15) is 18.1 Å². The maximum absolute atomic E-state index is 12.6. The lowest BCUT2D eigenvalue weighted by Gasteiger charge is -2.12. The Morgan fingerprint density at radius 3 is 2.50 bits per heavy atom. The van der Waals surface area contributed by atoms with E-state index in [1.165, 1.54) is 17.8 Å². The molecule has 0 fully saturated rings. The molecule has 0 bridgehead atoms. The van der Waals surface area contributed by atoms with E-state index in [0.29, 0.717) is 17.3 Å². The van der Waals surface area contributed by atoms with E-state index in [1.807, 2.05) is 18.2 Å². The van der Waals surface area contributed by atoms with Crippen molar-refractivity contribution in [3.8, 4) is 5.75 Å². The van der Waals surface area contributed by atoms with Gasteiger partial charge in [0.15, 0.2) is 0 Å². The molecule has 6 nitrogen and oxygen atoms in total. The molecule has 0 atom stereocenters. The minimum atomic E-state index is -3.71. The number of ether oxygens (including phenoxy) is 1. The first-order valence-electron chi connectivity index (χ1n) is 8.91. The number of aryl methyl sites for hydroxylation is 2. The van der Waals surface area contributed by atoms with Crippen LogP contribution in [0.15, 0.2) is 65.7 Å². The molecule has 1 heterocycles. The first-order chi connectivity index (χ1) is 13.4. The van der Waals surface area contributed by atoms with E-state index in [1.54, 1.807) is 38.3 Å². The predicted octanol–water partition coefficient (Wildman–Crippen LogP) is 4.51. The Kier molecular flexibility index (Phi) is 5.84. The quantitative estimate of drug-likeness (QED) is 0.613. The van der Waals surface area contributed by atoms with Crippen LogP contribution in [0, 0.1) is 6.92 Å². The van der Waals surface area contributed by atoms with Gasteiger partial charge in [0, 0.05) is 5.69 Å². The van der Waals surface area contributed by atoms with Crippen LogP contribution in [0.2, 0.25) is 0 Å². The molecule has 0 saturated heterocycles. The Morgan fingerprint density at radius 1 is 1.07 bits per heavy atom. The summed E-state index contributed by atoms with van der Waals surface area (Å²) in [6.45, 7) is 3.89. The molecule has 0 spiro atoms. The lowest BCUT2D eigenvalue weighted by molar-refractivity contribution is 0.411. The highest BCUT2D eigenvalue weighted by Crippen LogP contribution is 2.24. The van der Waals surface area contributed by atoms with Crippen molar-refractivity contribution in [2.24, 2.45) is 0 Å². The Bertz CT molecular complexity index is 1060. The number of rotatable bonds is 7. The largest absolute Gasteiger partial charge is 0.496 e. The summed E-state index contributed by atoms with van der Waals surface area (Å²) in [6, 6.07) is 16.1. The highest BCUT2D eigenvalue weighted by molar-refractivity contribution is 7.92. The fraction of sp³-hybridized carbons (Fsp3) is 0.190. The third-order valence-electron chi connectivity index (χ3n) is 4.35. The first kappa shape index (κ1) is 19.7. The summed E-state index contributed by atoms with van der Waals surface area (Å²) < 4.78 is 33.0. The molecule has 3 rings (SSSR count). The van der Waals surface area contributed by atoms with Crippen molar-refractivity contribution in [2.45, 2.75) is 25.2 Å². The van der Waals surface area contributed by atoms with Gasteiger partial charge in [0.05, 0.1) is 23.9 Å². The topological polar surface area (TPSA) is 80.3 Å². The van der Waals surface area contributed by atoms with E-state index < -0.39 is 10.0 Å². The van der Waals surface area contributed by atoms with Crippen molar-refractivity contribution in [1.82, 2.24) is 4.98 Å². The second-order valence-electron chi connectivity index (χ2n) is 6.30. The number of anilines is 3. The lowest BCUT2D eigenvalue weighted by atomic mass is 10.1. The monoisotopic (exact) mass is 397 g/mol. The average Bonchev–Trinajstić information content (AvgIpc) is 2.69. The average molecular weight is 398 g/mol. The standard InChI is InChI=1S/C21H23N3O3S/c1-4-16-7-5-6-8-19(16)23-21-12-9-17(14-22-21)24-28(25,26)18-10-11-20(27-3)15(2)13-18/h5-14,24H,4H2,1-3H3,(H,22,23). The van der Waals surface area contributed by atoms with Crippen LogP contribution < -0.4 is 14.8 Å². The van der Waals surface area contributed by atoms with Crippen molar-refractivity contribution in [3.05, 3.63) is 71.9 Å².